The largest absolute Gasteiger partial charge is 0.507 e. The van der Waals surface area contributed by atoms with E-state index in [1.807, 2.05) is 18.7 Å². The number of nitrogens with zero attached hydrogens (tertiary/aromatic N) is 1. The van der Waals surface area contributed by atoms with Crippen LogP contribution < -0.4 is 5.43 Å². The van der Waals surface area contributed by atoms with Crippen molar-refractivity contribution in [2.75, 3.05) is 13.1 Å². The highest BCUT2D eigenvalue weighted by Gasteiger charge is 2.39. The number of alkyl halides is 3. The Kier molecular flexibility index (Phi) is 5.47. The van der Waals surface area contributed by atoms with E-state index >= 15 is 0 Å². The minimum atomic E-state index is -4.86. The molecule has 0 unspecified atom stereocenters. The molecule has 3 aromatic rings. The third-order valence-corrected chi connectivity index (χ3v) is 4.73. The second-order valence-electron chi connectivity index (χ2n) is 6.40. The predicted octanol–water partition coefficient (Wildman–Crippen LogP) is 5.03. The smallest absolute Gasteiger partial charge is 0.450 e. The molecule has 28 heavy (non-hydrogen) atoms. The van der Waals surface area contributed by atoms with Gasteiger partial charge in [-0.05, 0) is 30.8 Å². The van der Waals surface area contributed by atoms with Gasteiger partial charge < -0.3 is 9.52 Å². The lowest BCUT2D eigenvalue weighted by Gasteiger charge is -2.20. The molecule has 1 heterocycles. The highest BCUT2D eigenvalue weighted by atomic mass is 19.4. The molecule has 0 atom stereocenters. The third-order valence-electron chi connectivity index (χ3n) is 4.73. The van der Waals surface area contributed by atoms with Crippen molar-refractivity contribution in [1.82, 2.24) is 4.90 Å². The zero-order valence-corrected chi connectivity index (χ0v) is 15.5. The molecule has 0 aliphatic carbocycles. The maximum absolute atomic E-state index is 13.8. The molecule has 0 spiro atoms. The second kappa shape index (κ2) is 7.67. The molecule has 2 aromatic carbocycles. The van der Waals surface area contributed by atoms with Crippen LogP contribution in [0.5, 0.6) is 5.75 Å². The molecule has 4 nitrogen and oxygen atoms in total. The Bertz CT molecular complexity index is 1040. The maximum atomic E-state index is 13.8. The monoisotopic (exact) mass is 391 g/mol. The minimum absolute atomic E-state index is 0.00630. The first-order chi connectivity index (χ1) is 13.3. The van der Waals surface area contributed by atoms with Crippen molar-refractivity contribution in [2.45, 2.75) is 26.6 Å². The van der Waals surface area contributed by atoms with E-state index in [1.165, 1.54) is 24.3 Å². The molecule has 0 radical (unpaired) electrons. The second-order valence-corrected chi connectivity index (χ2v) is 6.40. The summed E-state index contributed by atoms with van der Waals surface area (Å²) in [5.41, 5.74) is -1.24. The molecule has 0 amide bonds. The van der Waals surface area contributed by atoms with Gasteiger partial charge in [-0.25, -0.2) is 0 Å². The van der Waals surface area contributed by atoms with Crippen LogP contribution in [-0.2, 0) is 12.7 Å². The van der Waals surface area contributed by atoms with Crippen molar-refractivity contribution in [3.05, 3.63) is 64.0 Å². The molecule has 7 heteroatoms. The number of fused-ring (bicyclic) bond motifs is 1. The Balaban J connectivity index is 2.38. The van der Waals surface area contributed by atoms with Gasteiger partial charge in [-0.3, -0.25) is 9.69 Å². The van der Waals surface area contributed by atoms with Crippen LogP contribution in [0.15, 0.2) is 51.7 Å². The number of rotatable bonds is 5. The molecule has 1 aromatic heterocycles. The normalized spacial score (nSPS) is 12.1. The highest BCUT2D eigenvalue weighted by Crippen LogP contribution is 2.39. The molecule has 0 aliphatic rings. The first-order valence-corrected chi connectivity index (χ1v) is 8.94. The predicted molar refractivity (Wildman–Crippen MR) is 101 cm³/mol. The number of hydrogen-bond donors (Lipinski definition) is 1. The molecule has 0 aliphatic heterocycles. The summed E-state index contributed by atoms with van der Waals surface area (Å²) in [5.74, 6) is -1.56. The van der Waals surface area contributed by atoms with E-state index in [0.717, 1.165) is 0 Å². The van der Waals surface area contributed by atoms with Crippen molar-refractivity contribution in [3.63, 3.8) is 0 Å². The van der Waals surface area contributed by atoms with Crippen LogP contribution in [0.1, 0.15) is 25.2 Å². The molecule has 0 saturated heterocycles. The first-order valence-electron chi connectivity index (χ1n) is 8.94. The molecule has 1 N–H and O–H groups in total. The van der Waals surface area contributed by atoms with Crippen molar-refractivity contribution in [3.8, 4) is 16.9 Å². The van der Waals surface area contributed by atoms with Gasteiger partial charge in [0.15, 0.2) is 0 Å². The fraction of sp³-hybridized carbons (Fsp3) is 0.286. The van der Waals surface area contributed by atoms with Gasteiger partial charge in [-0.15, -0.1) is 0 Å². The zero-order chi connectivity index (χ0) is 20.5. The highest BCUT2D eigenvalue weighted by molar-refractivity contribution is 5.86. The first kappa shape index (κ1) is 19.9. The minimum Gasteiger partial charge on any atom is -0.507 e. The van der Waals surface area contributed by atoms with E-state index in [9.17, 15) is 23.1 Å². The molecule has 3 rings (SSSR count). The van der Waals surface area contributed by atoms with Gasteiger partial charge in [0.1, 0.15) is 11.3 Å². The molecule has 148 valence electrons. The summed E-state index contributed by atoms with van der Waals surface area (Å²) in [5, 5.41) is 10.3. The van der Waals surface area contributed by atoms with Crippen molar-refractivity contribution in [2.24, 2.45) is 0 Å². The summed E-state index contributed by atoms with van der Waals surface area (Å²) in [6, 6.07) is 10.3. The van der Waals surface area contributed by atoms with Crippen LogP contribution in [-0.4, -0.2) is 23.1 Å². The van der Waals surface area contributed by atoms with Gasteiger partial charge in [0, 0.05) is 6.54 Å². The number of aromatic hydroxyl groups is 1. The lowest BCUT2D eigenvalue weighted by Crippen LogP contribution is -2.23. The summed E-state index contributed by atoms with van der Waals surface area (Å²) in [7, 11) is 0. The van der Waals surface area contributed by atoms with E-state index in [1.54, 1.807) is 18.2 Å². The fourth-order valence-corrected chi connectivity index (χ4v) is 3.19. The van der Waals surface area contributed by atoms with Gasteiger partial charge in [-0.1, -0.05) is 44.2 Å². The van der Waals surface area contributed by atoms with E-state index in [0.29, 0.717) is 13.1 Å². The van der Waals surface area contributed by atoms with Gasteiger partial charge in [0.2, 0.25) is 11.2 Å². The summed E-state index contributed by atoms with van der Waals surface area (Å²) >= 11 is 0. The van der Waals surface area contributed by atoms with Gasteiger partial charge in [0.25, 0.3) is 0 Å². The lowest BCUT2D eigenvalue weighted by atomic mass is 10.00. The van der Waals surface area contributed by atoms with E-state index in [4.69, 9.17) is 4.42 Å². The molecule has 0 saturated carbocycles. The lowest BCUT2D eigenvalue weighted by molar-refractivity contribution is -0.152. The van der Waals surface area contributed by atoms with Gasteiger partial charge in [0.05, 0.1) is 16.5 Å². The van der Waals surface area contributed by atoms with Gasteiger partial charge >= 0.3 is 6.18 Å². The Morgan fingerprint density at radius 2 is 1.68 bits per heavy atom. The van der Waals surface area contributed by atoms with Crippen molar-refractivity contribution >= 4 is 11.0 Å². The van der Waals surface area contributed by atoms with E-state index < -0.39 is 22.9 Å². The SMILES string of the molecule is CCN(CC)Cc1c(O)ccc2c(=O)c(-c3ccccc3)c(C(F)(F)F)oc12. The average molecular weight is 391 g/mol. The number of phenols is 1. The van der Waals surface area contributed by atoms with Crippen molar-refractivity contribution in [1.29, 1.82) is 0 Å². The molecular formula is C21H20F3NO3. The topological polar surface area (TPSA) is 53.7 Å². The number of phenolic OH excluding ortho intramolecular Hbond substituents is 1. The van der Waals surface area contributed by atoms with E-state index in [2.05, 4.69) is 0 Å². The maximum Gasteiger partial charge on any atom is 0.450 e. The van der Waals surface area contributed by atoms with Crippen molar-refractivity contribution < 1.29 is 22.7 Å². The molecule has 0 bridgehead atoms. The number of halogens is 3. The Labute approximate surface area is 159 Å². The molecule has 0 fully saturated rings. The summed E-state index contributed by atoms with van der Waals surface area (Å²) in [6.45, 7) is 5.23. The van der Waals surface area contributed by atoms with Crippen LogP contribution >= 0.6 is 0 Å². The third kappa shape index (κ3) is 3.62. The van der Waals surface area contributed by atoms with Crippen LogP contribution in [0.4, 0.5) is 13.2 Å². The fourth-order valence-electron chi connectivity index (χ4n) is 3.19. The summed E-state index contributed by atoms with van der Waals surface area (Å²) in [4.78, 5) is 14.9. The Morgan fingerprint density at radius 3 is 2.25 bits per heavy atom. The van der Waals surface area contributed by atoms with Crippen LogP contribution in [0.3, 0.4) is 0 Å². The summed E-state index contributed by atoms with van der Waals surface area (Å²) in [6.07, 6.45) is -4.86. The average Bonchev–Trinajstić information content (AvgIpc) is 2.67. The Morgan fingerprint density at radius 1 is 1.04 bits per heavy atom. The number of benzene rings is 2. The quantitative estimate of drug-likeness (QED) is 0.663. The Hall–Kier alpha value is -2.80. The zero-order valence-electron chi connectivity index (χ0n) is 15.5. The van der Waals surface area contributed by atoms with Crippen LogP contribution in [0, 0.1) is 0 Å². The van der Waals surface area contributed by atoms with E-state index in [-0.39, 0.29) is 34.4 Å². The molecular weight excluding hydrogens is 371 g/mol. The van der Waals surface area contributed by atoms with Crippen LogP contribution in [0.2, 0.25) is 0 Å². The van der Waals surface area contributed by atoms with Crippen LogP contribution in [0.25, 0.3) is 22.1 Å². The van der Waals surface area contributed by atoms with Gasteiger partial charge in [-0.2, -0.15) is 13.2 Å². The number of hydrogen-bond acceptors (Lipinski definition) is 4. The summed E-state index contributed by atoms with van der Waals surface area (Å²) < 4.78 is 46.6. The standard InChI is InChI=1S/C21H20F3NO3/c1-3-25(4-2)12-15-16(26)11-10-14-18(27)17(13-8-6-5-7-9-13)20(21(22,23)24)28-19(14)15/h5-11,26H,3-4,12H2,1-2H3.